The van der Waals surface area contributed by atoms with Crippen LogP contribution in [-0.4, -0.2) is 21.5 Å². The van der Waals surface area contributed by atoms with Gasteiger partial charge in [-0.15, -0.1) is 5.10 Å². The summed E-state index contributed by atoms with van der Waals surface area (Å²) in [5.74, 6) is 0.640. The number of hydrogen-bond acceptors (Lipinski definition) is 3. The average molecular weight is 226 g/mol. The van der Waals surface area contributed by atoms with Crippen LogP contribution in [0.1, 0.15) is 45.7 Å². The van der Waals surface area contributed by atoms with E-state index in [1.807, 2.05) is 17.8 Å². The van der Waals surface area contributed by atoms with E-state index in [2.05, 4.69) is 31.1 Å². The second-order valence-corrected chi connectivity index (χ2v) is 4.47. The highest BCUT2D eigenvalue weighted by Crippen LogP contribution is 1.97. The second-order valence-electron chi connectivity index (χ2n) is 4.47. The van der Waals surface area contributed by atoms with Crippen LogP contribution in [0.4, 0.5) is 0 Å². The fourth-order valence-electron chi connectivity index (χ4n) is 1.25. The van der Waals surface area contributed by atoms with Gasteiger partial charge in [-0.25, -0.2) is 0 Å². The molecule has 0 atom stereocenters. The topological polar surface area (TPSA) is 56.7 Å². The van der Waals surface area contributed by atoms with Gasteiger partial charge in [0.15, 0.2) is 0 Å². The van der Waals surface area contributed by atoms with Gasteiger partial charge >= 0.3 is 0 Å². The monoisotopic (exact) mass is 226 g/mol. The number of nitrogens with zero attached hydrogens (tertiary/aromatic N) is 3. The van der Waals surface area contributed by atoms with E-state index in [1.54, 1.807) is 0 Å². The molecule has 1 heterocycles. The first kappa shape index (κ1) is 15.1. The van der Waals surface area contributed by atoms with Gasteiger partial charge < -0.3 is 5.73 Å². The van der Waals surface area contributed by atoms with Crippen molar-refractivity contribution in [3.05, 3.63) is 11.9 Å². The fraction of sp³-hybridized carbons (Fsp3) is 0.833. The van der Waals surface area contributed by atoms with E-state index in [0.29, 0.717) is 5.92 Å². The molecule has 0 bridgehead atoms. The highest BCUT2D eigenvalue weighted by Gasteiger charge is 1.97. The van der Waals surface area contributed by atoms with E-state index >= 15 is 0 Å². The van der Waals surface area contributed by atoms with Crippen LogP contribution in [-0.2, 0) is 6.54 Å². The van der Waals surface area contributed by atoms with Crippen molar-refractivity contribution in [2.24, 2.45) is 11.7 Å². The molecule has 0 unspecified atom stereocenters. The zero-order valence-electron chi connectivity index (χ0n) is 11.1. The van der Waals surface area contributed by atoms with Crippen LogP contribution in [0.3, 0.4) is 0 Å². The van der Waals surface area contributed by atoms with Crippen LogP contribution < -0.4 is 5.73 Å². The first-order chi connectivity index (χ1) is 7.60. The number of nitrogens with two attached hydrogens (primary N) is 1. The summed E-state index contributed by atoms with van der Waals surface area (Å²) in [6.07, 6.45) is 5.71. The molecule has 94 valence electrons. The summed E-state index contributed by atoms with van der Waals surface area (Å²) in [7, 11) is 0. The molecule has 1 rings (SSSR count). The lowest BCUT2D eigenvalue weighted by Gasteiger charge is -2.01. The molecule has 1 aromatic heterocycles. The summed E-state index contributed by atoms with van der Waals surface area (Å²) in [6, 6.07) is 0. The van der Waals surface area contributed by atoms with Gasteiger partial charge in [-0.05, 0) is 25.8 Å². The molecule has 0 fully saturated rings. The van der Waals surface area contributed by atoms with E-state index in [4.69, 9.17) is 5.73 Å². The predicted octanol–water partition coefficient (Wildman–Crippen LogP) is 2.38. The third-order valence-corrected chi connectivity index (χ3v) is 2.01. The summed E-state index contributed by atoms with van der Waals surface area (Å²) in [4.78, 5) is 0. The normalized spacial score (nSPS) is 10.1. The van der Waals surface area contributed by atoms with Gasteiger partial charge in [0.05, 0.1) is 5.69 Å². The zero-order chi connectivity index (χ0) is 12.4. The Morgan fingerprint density at radius 2 is 2.06 bits per heavy atom. The van der Waals surface area contributed by atoms with Crippen LogP contribution in [0.2, 0.25) is 0 Å². The maximum Gasteiger partial charge on any atom is 0.0796 e. The Hall–Kier alpha value is -0.900. The van der Waals surface area contributed by atoms with E-state index in [0.717, 1.165) is 18.8 Å². The van der Waals surface area contributed by atoms with Gasteiger partial charge in [-0.1, -0.05) is 38.8 Å². The van der Waals surface area contributed by atoms with Crippen LogP contribution in [0.15, 0.2) is 6.20 Å². The Morgan fingerprint density at radius 1 is 1.38 bits per heavy atom. The van der Waals surface area contributed by atoms with Gasteiger partial charge in [0.25, 0.3) is 0 Å². The molecule has 0 aliphatic rings. The number of unbranched alkanes of at least 4 members (excludes halogenated alkanes) is 2. The quantitative estimate of drug-likeness (QED) is 0.784. The summed E-state index contributed by atoms with van der Waals surface area (Å²) in [5, 5.41) is 7.81. The highest BCUT2D eigenvalue weighted by atomic mass is 15.4. The van der Waals surface area contributed by atoms with E-state index in [9.17, 15) is 0 Å². The second kappa shape index (κ2) is 9.33. The standard InChI is InChI=1S/C7H13N3.C5H13N/c1-6(2)4-10-5-7(3)8-9-10;1-2-3-4-5-6/h5-6H,4H2,1-3H3;2-6H2,1H3. The minimum atomic E-state index is 0.640. The maximum absolute atomic E-state index is 5.21. The van der Waals surface area contributed by atoms with Gasteiger partial charge in [0.1, 0.15) is 0 Å². The molecule has 0 aliphatic heterocycles. The lowest BCUT2D eigenvalue weighted by Crippen LogP contribution is -2.04. The van der Waals surface area contributed by atoms with Gasteiger partial charge in [0, 0.05) is 12.7 Å². The lowest BCUT2D eigenvalue weighted by molar-refractivity contribution is 0.472. The highest BCUT2D eigenvalue weighted by molar-refractivity contribution is 4.86. The number of hydrogen-bond donors (Lipinski definition) is 1. The van der Waals surface area contributed by atoms with Crippen molar-refractivity contribution in [3.8, 4) is 0 Å². The van der Waals surface area contributed by atoms with Gasteiger partial charge in [-0.2, -0.15) is 0 Å². The fourth-order valence-corrected chi connectivity index (χ4v) is 1.25. The third-order valence-electron chi connectivity index (χ3n) is 2.01. The molecule has 0 aliphatic carbocycles. The molecule has 0 aromatic carbocycles. The Labute approximate surface area is 99.2 Å². The first-order valence-electron chi connectivity index (χ1n) is 6.17. The van der Waals surface area contributed by atoms with Crippen LogP contribution in [0.25, 0.3) is 0 Å². The van der Waals surface area contributed by atoms with Crippen molar-refractivity contribution in [2.45, 2.75) is 53.5 Å². The summed E-state index contributed by atoms with van der Waals surface area (Å²) < 4.78 is 1.88. The minimum Gasteiger partial charge on any atom is -0.330 e. The smallest absolute Gasteiger partial charge is 0.0796 e. The average Bonchev–Trinajstić information content (AvgIpc) is 2.61. The largest absolute Gasteiger partial charge is 0.330 e. The molecule has 4 nitrogen and oxygen atoms in total. The number of aromatic nitrogens is 3. The lowest BCUT2D eigenvalue weighted by atomic mass is 10.2. The van der Waals surface area contributed by atoms with Gasteiger partial charge in [0.2, 0.25) is 0 Å². The Bertz CT molecular complexity index is 251. The maximum atomic E-state index is 5.21. The van der Waals surface area contributed by atoms with Crippen molar-refractivity contribution in [1.82, 2.24) is 15.0 Å². The molecule has 0 saturated carbocycles. The van der Waals surface area contributed by atoms with Crippen molar-refractivity contribution in [3.63, 3.8) is 0 Å². The van der Waals surface area contributed by atoms with E-state index in [1.165, 1.54) is 19.3 Å². The van der Waals surface area contributed by atoms with Crippen LogP contribution >= 0.6 is 0 Å². The Balaban J connectivity index is 0.000000325. The Kier molecular flexibility index (Phi) is 8.81. The summed E-state index contributed by atoms with van der Waals surface area (Å²) >= 11 is 0. The molecule has 16 heavy (non-hydrogen) atoms. The molecule has 0 amide bonds. The van der Waals surface area contributed by atoms with Crippen molar-refractivity contribution >= 4 is 0 Å². The van der Waals surface area contributed by atoms with Gasteiger partial charge in [-0.3, -0.25) is 4.68 Å². The SMILES string of the molecule is CCCCCN.Cc1cn(CC(C)C)nn1. The molecule has 0 saturated heterocycles. The molecule has 0 spiro atoms. The van der Waals surface area contributed by atoms with Crippen LogP contribution in [0.5, 0.6) is 0 Å². The third kappa shape index (κ3) is 8.41. The zero-order valence-corrected chi connectivity index (χ0v) is 11.1. The summed E-state index contributed by atoms with van der Waals surface area (Å²) in [5.41, 5.74) is 6.20. The van der Waals surface area contributed by atoms with E-state index < -0.39 is 0 Å². The minimum absolute atomic E-state index is 0.640. The molecular weight excluding hydrogens is 200 g/mol. The van der Waals surface area contributed by atoms with Crippen molar-refractivity contribution < 1.29 is 0 Å². The van der Waals surface area contributed by atoms with Crippen LogP contribution in [0, 0.1) is 12.8 Å². The molecule has 1 aromatic rings. The summed E-state index contributed by atoms with van der Waals surface area (Å²) in [6.45, 7) is 10.3. The predicted molar refractivity (Wildman–Crippen MR) is 68.2 cm³/mol. The number of rotatable bonds is 5. The number of aryl methyl sites for hydroxylation is 1. The van der Waals surface area contributed by atoms with E-state index in [-0.39, 0.29) is 0 Å². The molecular formula is C12H26N4. The molecule has 2 N–H and O–H groups in total. The first-order valence-corrected chi connectivity index (χ1v) is 6.17. The molecule has 0 radical (unpaired) electrons. The van der Waals surface area contributed by atoms with Crippen molar-refractivity contribution in [1.29, 1.82) is 0 Å². The Morgan fingerprint density at radius 3 is 2.38 bits per heavy atom. The van der Waals surface area contributed by atoms with Crippen molar-refractivity contribution in [2.75, 3.05) is 6.54 Å². The molecule has 4 heteroatoms.